The standard InChI is InChI=1S/C9H16N4OS/c1-7(15-3)9(14)10-5-4-8-11-6-12-13(8)2/h6-7H,4-5H2,1-3H3,(H,10,14). The second-order valence-corrected chi connectivity index (χ2v) is 4.40. The van der Waals surface area contributed by atoms with E-state index in [2.05, 4.69) is 15.4 Å². The van der Waals surface area contributed by atoms with E-state index in [-0.39, 0.29) is 11.2 Å². The SMILES string of the molecule is CSC(C)C(=O)NCCc1ncnn1C. The molecule has 0 aromatic carbocycles. The normalized spacial score (nSPS) is 12.5. The molecule has 0 aliphatic rings. The maximum absolute atomic E-state index is 11.4. The van der Waals surface area contributed by atoms with Crippen molar-refractivity contribution in [1.82, 2.24) is 20.1 Å². The van der Waals surface area contributed by atoms with E-state index >= 15 is 0 Å². The largest absolute Gasteiger partial charge is 0.355 e. The number of rotatable bonds is 5. The van der Waals surface area contributed by atoms with Crippen LogP contribution in [-0.4, -0.2) is 38.7 Å². The molecule has 1 aromatic heterocycles. The first-order chi connectivity index (χ1) is 7.15. The van der Waals surface area contributed by atoms with Gasteiger partial charge in [-0.2, -0.15) is 16.9 Å². The van der Waals surface area contributed by atoms with Gasteiger partial charge in [0, 0.05) is 20.0 Å². The molecule has 15 heavy (non-hydrogen) atoms. The van der Waals surface area contributed by atoms with E-state index in [0.29, 0.717) is 13.0 Å². The fourth-order valence-electron chi connectivity index (χ4n) is 1.09. The Hall–Kier alpha value is -1.04. The molecule has 1 amide bonds. The first-order valence-corrected chi connectivity index (χ1v) is 6.07. The molecule has 0 saturated heterocycles. The van der Waals surface area contributed by atoms with E-state index in [9.17, 15) is 4.79 Å². The predicted octanol–water partition coefficient (Wildman–Crippen LogP) is 0.225. The topological polar surface area (TPSA) is 59.8 Å². The molecule has 0 fully saturated rings. The molecule has 6 heteroatoms. The molecule has 84 valence electrons. The fourth-order valence-corrected chi connectivity index (χ4v) is 1.39. The number of hydrogen-bond acceptors (Lipinski definition) is 4. The monoisotopic (exact) mass is 228 g/mol. The minimum absolute atomic E-state index is 0.00416. The van der Waals surface area contributed by atoms with E-state index in [4.69, 9.17) is 0 Å². The van der Waals surface area contributed by atoms with Crippen LogP contribution in [0, 0.1) is 0 Å². The number of nitrogens with zero attached hydrogens (tertiary/aromatic N) is 3. The van der Waals surface area contributed by atoms with E-state index < -0.39 is 0 Å². The molecular formula is C9H16N4OS. The van der Waals surface area contributed by atoms with E-state index in [1.54, 1.807) is 4.68 Å². The highest BCUT2D eigenvalue weighted by atomic mass is 32.2. The van der Waals surface area contributed by atoms with Crippen LogP contribution in [0.25, 0.3) is 0 Å². The Kier molecular flexibility index (Phi) is 4.61. The van der Waals surface area contributed by atoms with Crippen molar-refractivity contribution in [2.24, 2.45) is 7.05 Å². The molecule has 0 radical (unpaired) electrons. The van der Waals surface area contributed by atoms with E-state index in [0.717, 1.165) is 5.82 Å². The van der Waals surface area contributed by atoms with Crippen LogP contribution in [0.4, 0.5) is 0 Å². The second-order valence-electron chi connectivity index (χ2n) is 3.22. The Bertz CT molecular complexity index is 326. The Morgan fingerprint density at radius 1 is 1.73 bits per heavy atom. The zero-order valence-corrected chi connectivity index (χ0v) is 10.0. The van der Waals surface area contributed by atoms with Crippen molar-refractivity contribution in [1.29, 1.82) is 0 Å². The molecule has 0 aliphatic carbocycles. The lowest BCUT2D eigenvalue weighted by molar-refractivity contribution is -0.120. The molecule has 1 N–H and O–H groups in total. The molecule has 5 nitrogen and oxygen atoms in total. The molecule has 0 spiro atoms. The van der Waals surface area contributed by atoms with Gasteiger partial charge in [0.05, 0.1) is 5.25 Å². The van der Waals surface area contributed by atoms with Crippen molar-refractivity contribution in [2.45, 2.75) is 18.6 Å². The number of thioether (sulfide) groups is 1. The maximum Gasteiger partial charge on any atom is 0.232 e. The Morgan fingerprint density at radius 3 is 3.00 bits per heavy atom. The number of aryl methyl sites for hydroxylation is 1. The lowest BCUT2D eigenvalue weighted by atomic mass is 10.3. The second kappa shape index (κ2) is 5.75. The quantitative estimate of drug-likeness (QED) is 0.783. The van der Waals surface area contributed by atoms with Gasteiger partial charge >= 0.3 is 0 Å². The number of aromatic nitrogens is 3. The van der Waals surface area contributed by atoms with Crippen LogP contribution < -0.4 is 5.32 Å². The van der Waals surface area contributed by atoms with Gasteiger partial charge < -0.3 is 5.32 Å². The summed E-state index contributed by atoms with van der Waals surface area (Å²) in [5.74, 6) is 0.955. The van der Waals surface area contributed by atoms with Gasteiger partial charge in [-0.25, -0.2) is 4.98 Å². The molecule has 1 rings (SSSR count). The van der Waals surface area contributed by atoms with Crippen LogP contribution in [0.15, 0.2) is 6.33 Å². The van der Waals surface area contributed by atoms with Crippen molar-refractivity contribution < 1.29 is 4.79 Å². The molecule has 1 unspecified atom stereocenters. The minimum atomic E-state index is 0.00416. The first-order valence-electron chi connectivity index (χ1n) is 4.78. The number of carbonyl (C=O) groups excluding carboxylic acids is 1. The molecule has 1 aromatic rings. The van der Waals surface area contributed by atoms with E-state index in [1.807, 2.05) is 20.2 Å². The molecular weight excluding hydrogens is 212 g/mol. The van der Waals surface area contributed by atoms with Gasteiger partial charge in [0.2, 0.25) is 5.91 Å². The van der Waals surface area contributed by atoms with Crippen LogP contribution in [0.3, 0.4) is 0 Å². The third kappa shape index (κ3) is 3.54. The third-order valence-corrected chi connectivity index (χ3v) is 3.10. The molecule has 0 aliphatic heterocycles. The lowest BCUT2D eigenvalue weighted by Gasteiger charge is -2.08. The van der Waals surface area contributed by atoms with Crippen LogP contribution >= 0.6 is 11.8 Å². The molecule has 0 saturated carbocycles. The third-order valence-electron chi connectivity index (χ3n) is 2.18. The smallest absolute Gasteiger partial charge is 0.232 e. The van der Waals surface area contributed by atoms with Gasteiger partial charge in [0.1, 0.15) is 12.2 Å². The number of amides is 1. The number of hydrogen-bond donors (Lipinski definition) is 1. The highest BCUT2D eigenvalue weighted by molar-refractivity contribution is 7.99. The van der Waals surface area contributed by atoms with Crippen molar-refractivity contribution >= 4 is 17.7 Å². The van der Waals surface area contributed by atoms with Crippen LogP contribution in [0.1, 0.15) is 12.7 Å². The van der Waals surface area contributed by atoms with Gasteiger partial charge in [0.15, 0.2) is 0 Å². The Labute approximate surface area is 93.6 Å². The zero-order valence-electron chi connectivity index (χ0n) is 9.23. The van der Waals surface area contributed by atoms with Crippen LogP contribution in [0.5, 0.6) is 0 Å². The van der Waals surface area contributed by atoms with E-state index in [1.165, 1.54) is 18.1 Å². The van der Waals surface area contributed by atoms with Gasteiger partial charge in [0.25, 0.3) is 0 Å². The summed E-state index contributed by atoms with van der Waals surface area (Å²) in [5, 5.41) is 6.82. The van der Waals surface area contributed by atoms with Gasteiger partial charge in [-0.15, -0.1) is 0 Å². The average Bonchev–Trinajstić information content (AvgIpc) is 2.63. The van der Waals surface area contributed by atoms with Gasteiger partial charge in [-0.1, -0.05) is 0 Å². The Balaban J connectivity index is 2.28. The zero-order chi connectivity index (χ0) is 11.3. The van der Waals surface area contributed by atoms with Crippen molar-refractivity contribution in [3.8, 4) is 0 Å². The summed E-state index contributed by atoms with van der Waals surface area (Å²) in [7, 11) is 1.84. The summed E-state index contributed by atoms with van der Waals surface area (Å²) < 4.78 is 1.71. The predicted molar refractivity (Wildman–Crippen MR) is 60.7 cm³/mol. The summed E-state index contributed by atoms with van der Waals surface area (Å²) >= 11 is 1.54. The number of carbonyl (C=O) groups is 1. The first kappa shape index (κ1) is 12.0. The summed E-state index contributed by atoms with van der Waals surface area (Å²) in [6.45, 7) is 2.50. The van der Waals surface area contributed by atoms with Crippen LogP contribution in [-0.2, 0) is 18.3 Å². The lowest BCUT2D eigenvalue weighted by Crippen LogP contribution is -2.32. The molecule has 0 bridgehead atoms. The van der Waals surface area contributed by atoms with Gasteiger partial charge in [-0.3, -0.25) is 9.48 Å². The van der Waals surface area contributed by atoms with Crippen molar-refractivity contribution in [3.05, 3.63) is 12.2 Å². The number of nitrogens with one attached hydrogen (secondary N) is 1. The fraction of sp³-hybridized carbons (Fsp3) is 0.667. The van der Waals surface area contributed by atoms with Gasteiger partial charge in [-0.05, 0) is 13.2 Å². The summed E-state index contributed by atoms with van der Waals surface area (Å²) in [6.07, 6.45) is 4.15. The minimum Gasteiger partial charge on any atom is -0.355 e. The molecule has 1 heterocycles. The van der Waals surface area contributed by atoms with Crippen molar-refractivity contribution in [2.75, 3.05) is 12.8 Å². The average molecular weight is 228 g/mol. The highest BCUT2D eigenvalue weighted by Crippen LogP contribution is 2.04. The summed E-state index contributed by atoms with van der Waals surface area (Å²) in [4.78, 5) is 15.5. The summed E-state index contributed by atoms with van der Waals surface area (Å²) in [6, 6.07) is 0. The summed E-state index contributed by atoms with van der Waals surface area (Å²) in [5.41, 5.74) is 0. The highest BCUT2D eigenvalue weighted by Gasteiger charge is 2.10. The molecule has 1 atom stereocenters. The van der Waals surface area contributed by atoms with Crippen LogP contribution in [0.2, 0.25) is 0 Å². The maximum atomic E-state index is 11.4. The Morgan fingerprint density at radius 2 is 2.47 bits per heavy atom. The van der Waals surface area contributed by atoms with Crippen molar-refractivity contribution in [3.63, 3.8) is 0 Å².